The highest BCUT2D eigenvalue weighted by Gasteiger charge is 2.28. The third kappa shape index (κ3) is 4.72. The average Bonchev–Trinajstić information content (AvgIpc) is 2.98. The molecule has 150 valence electrons. The third-order valence-electron chi connectivity index (χ3n) is 4.19. The number of hydrogen-bond acceptors (Lipinski definition) is 5. The van der Waals surface area contributed by atoms with Crippen molar-refractivity contribution in [2.24, 2.45) is 0 Å². The van der Waals surface area contributed by atoms with Crippen LogP contribution in [-0.2, 0) is 4.74 Å². The quantitative estimate of drug-likeness (QED) is 0.660. The summed E-state index contributed by atoms with van der Waals surface area (Å²) in [5.41, 5.74) is 1.06. The van der Waals surface area contributed by atoms with Crippen LogP contribution in [0.2, 0.25) is 5.02 Å². The van der Waals surface area contributed by atoms with Crippen LogP contribution in [0.15, 0.2) is 24.3 Å². The smallest absolute Gasteiger partial charge is 0.341 e. The van der Waals surface area contributed by atoms with Gasteiger partial charge in [0.25, 0.3) is 11.8 Å². The van der Waals surface area contributed by atoms with Gasteiger partial charge in [0.05, 0.1) is 17.0 Å². The standard InChI is InChI=1S/C20H23ClN2O4S/c1-5-23(6-2)19(25)16-12(4)15(20(26)27-7-3)18(28-16)22-17(24)13-9-8-10-14(21)11-13/h8-11H,5-7H2,1-4H3,(H,22,24). The molecule has 2 rings (SSSR count). The van der Waals surface area contributed by atoms with Crippen molar-refractivity contribution in [2.45, 2.75) is 27.7 Å². The van der Waals surface area contributed by atoms with Crippen LogP contribution in [0.1, 0.15) is 56.7 Å². The topological polar surface area (TPSA) is 75.7 Å². The lowest BCUT2D eigenvalue weighted by Crippen LogP contribution is -2.30. The molecule has 1 aromatic heterocycles. The molecule has 0 aliphatic rings. The van der Waals surface area contributed by atoms with Crippen LogP contribution >= 0.6 is 22.9 Å². The van der Waals surface area contributed by atoms with Crippen LogP contribution in [0.25, 0.3) is 0 Å². The van der Waals surface area contributed by atoms with Gasteiger partial charge < -0.3 is 15.0 Å². The van der Waals surface area contributed by atoms with E-state index in [2.05, 4.69) is 5.32 Å². The number of nitrogens with one attached hydrogen (secondary N) is 1. The lowest BCUT2D eigenvalue weighted by Gasteiger charge is -2.18. The highest BCUT2D eigenvalue weighted by Crippen LogP contribution is 2.35. The first-order valence-corrected chi connectivity index (χ1v) is 10.2. The molecule has 0 fully saturated rings. The summed E-state index contributed by atoms with van der Waals surface area (Å²) in [4.78, 5) is 40.0. The molecule has 0 unspecified atom stereocenters. The summed E-state index contributed by atoms with van der Waals surface area (Å²) >= 11 is 7.03. The predicted molar refractivity (Wildman–Crippen MR) is 112 cm³/mol. The Labute approximate surface area is 173 Å². The normalized spacial score (nSPS) is 10.5. The first-order chi connectivity index (χ1) is 13.3. The van der Waals surface area contributed by atoms with E-state index in [1.165, 1.54) is 6.07 Å². The van der Waals surface area contributed by atoms with Gasteiger partial charge in [-0.2, -0.15) is 0 Å². The van der Waals surface area contributed by atoms with E-state index < -0.39 is 11.9 Å². The van der Waals surface area contributed by atoms with Crippen molar-refractivity contribution >= 4 is 45.7 Å². The predicted octanol–water partition coefficient (Wildman–Crippen LogP) is 4.62. The number of carbonyl (C=O) groups is 3. The largest absolute Gasteiger partial charge is 0.462 e. The number of ether oxygens (including phenoxy) is 1. The molecule has 0 atom stereocenters. The molecule has 0 aliphatic heterocycles. The minimum atomic E-state index is -0.573. The molecule has 1 N–H and O–H groups in total. The zero-order valence-corrected chi connectivity index (χ0v) is 17.9. The van der Waals surface area contributed by atoms with Gasteiger partial charge in [-0.25, -0.2) is 4.79 Å². The minimum Gasteiger partial charge on any atom is -0.462 e. The van der Waals surface area contributed by atoms with Crippen LogP contribution in [0.4, 0.5) is 5.00 Å². The fourth-order valence-corrected chi connectivity index (χ4v) is 4.06. The van der Waals surface area contributed by atoms with E-state index in [9.17, 15) is 14.4 Å². The second-order valence-electron chi connectivity index (χ2n) is 5.92. The van der Waals surface area contributed by atoms with Gasteiger partial charge in [0, 0.05) is 23.7 Å². The highest BCUT2D eigenvalue weighted by atomic mass is 35.5. The number of benzene rings is 1. The lowest BCUT2D eigenvalue weighted by molar-refractivity contribution is 0.0527. The fraction of sp³-hybridized carbons (Fsp3) is 0.350. The fourth-order valence-electron chi connectivity index (χ4n) is 2.71. The number of rotatable bonds is 7. The zero-order valence-electron chi connectivity index (χ0n) is 16.3. The number of nitrogens with zero attached hydrogens (tertiary/aromatic N) is 1. The van der Waals surface area contributed by atoms with Crippen molar-refractivity contribution in [3.63, 3.8) is 0 Å². The van der Waals surface area contributed by atoms with Crippen molar-refractivity contribution in [3.05, 3.63) is 50.9 Å². The summed E-state index contributed by atoms with van der Waals surface area (Å²) in [6.45, 7) is 8.45. The lowest BCUT2D eigenvalue weighted by atomic mass is 10.1. The molecule has 8 heteroatoms. The summed E-state index contributed by atoms with van der Waals surface area (Å²) in [7, 11) is 0. The van der Waals surface area contributed by atoms with E-state index in [4.69, 9.17) is 16.3 Å². The van der Waals surface area contributed by atoms with Gasteiger partial charge in [-0.1, -0.05) is 17.7 Å². The van der Waals surface area contributed by atoms with E-state index in [0.717, 1.165) is 11.3 Å². The second kappa shape index (κ2) is 9.71. The molecule has 1 heterocycles. The summed E-state index contributed by atoms with van der Waals surface area (Å²) in [5.74, 6) is -1.17. The van der Waals surface area contributed by atoms with E-state index in [1.807, 2.05) is 13.8 Å². The zero-order chi connectivity index (χ0) is 20.8. The van der Waals surface area contributed by atoms with Crippen molar-refractivity contribution in [3.8, 4) is 0 Å². The highest BCUT2D eigenvalue weighted by molar-refractivity contribution is 7.18. The molecule has 6 nitrogen and oxygen atoms in total. The van der Waals surface area contributed by atoms with Gasteiger partial charge in [-0.15, -0.1) is 11.3 Å². The Bertz CT molecular complexity index is 890. The van der Waals surface area contributed by atoms with Gasteiger partial charge in [-0.3, -0.25) is 9.59 Å². The van der Waals surface area contributed by atoms with Gasteiger partial charge in [0.15, 0.2) is 0 Å². The van der Waals surface area contributed by atoms with Crippen molar-refractivity contribution in [1.82, 2.24) is 4.90 Å². The average molecular weight is 423 g/mol. The number of hydrogen-bond donors (Lipinski definition) is 1. The maximum Gasteiger partial charge on any atom is 0.341 e. The third-order valence-corrected chi connectivity index (χ3v) is 5.62. The molecule has 2 amide bonds. The first kappa shape index (κ1) is 21.9. The Kier molecular flexibility index (Phi) is 7.60. The Morgan fingerprint density at radius 1 is 1.18 bits per heavy atom. The summed E-state index contributed by atoms with van der Waals surface area (Å²) in [6.07, 6.45) is 0. The molecule has 28 heavy (non-hydrogen) atoms. The molecule has 2 aromatic rings. The van der Waals surface area contributed by atoms with Gasteiger partial charge >= 0.3 is 5.97 Å². The van der Waals surface area contributed by atoms with E-state index in [1.54, 1.807) is 36.9 Å². The summed E-state index contributed by atoms with van der Waals surface area (Å²) in [6, 6.07) is 6.48. The van der Waals surface area contributed by atoms with E-state index in [0.29, 0.717) is 34.1 Å². The number of anilines is 1. The Morgan fingerprint density at radius 2 is 1.86 bits per heavy atom. The Morgan fingerprint density at radius 3 is 2.43 bits per heavy atom. The number of carbonyl (C=O) groups excluding carboxylic acids is 3. The maximum absolute atomic E-state index is 12.8. The van der Waals surface area contributed by atoms with Gasteiger partial charge in [-0.05, 0) is 51.5 Å². The van der Waals surface area contributed by atoms with Crippen molar-refractivity contribution in [2.75, 3.05) is 25.0 Å². The van der Waals surface area contributed by atoms with Crippen molar-refractivity contribution in [1.29, 1.82) is 0 Å². The molecule has 0 aliphatic carbocycles. The molecular weight excluding hydrogens is 400 g/mol. The van der Waals surface area contributed by atoms with E-state index >= 15 is 0 Å². The first-order valence-electron chi connectivity index (χ1n) is 9.00. The summed E-state index contributed by atoms with van der Waals surface area (Å²) in [5, 5.41) is 3.45. The van der Waals surface area contributed by atoms with Crippen LogP contribution in [-0.4, -0.2) is 42.4 Å². The molecule has 0 saturated carbocycles. The van der Waals surface area contributed by atoms with Gasteiger partial charge in [0.1, 0.15) is 5.00 Å². The monoisotopic (exact) mass is 422 g/mol. The second-order valence-corrected chi connectivity index (χ2v) is 7.38. The number of thiophene rings is 1. The minimum absolute atomic E-state index is 0.179. The molecule has 0 spiro atoms. The maximum atomic E-state index is 12.8. The Hall–Kier alpha value is -2.38. The number of halogens is 1. The number of amides is 2. The van der Waals surface area contributed by atoms with Crippen molar-refractivity contribution < 1.29 is 19.1 Å². The molecule has 0 saturated heterocycles. The van der Waals surface area contributed by atoms with E-state index in [-0.39, 0.29) is 23.1 Å². The van der Waals surface area contributed by atoms with Crippen LogP contribution < -0.4 is 5.32 Å². The van der Waals surface area contributed by atoms with Crippen LogP contribution in [0.5, 0.6) is 0 Å². The summed E-state index contributed by atoms with van der Waals surface area (Å²) < 4.78 is 5.13. The Balaban J connectivity index is 2.46. The SMILES string of the molecule is CCOC(=O)c1c(NC(=O)c2cccc(Cl)c2)sc(C(=O)N(CC)CC)c1C. The molecule has 0 bridgehead atoms. The molecular formula is C20H23ClN2O4S. The number of esters is 1. The molecule has 0 radical (unpaired) electrons. The van der Waals surface area contributed by atoms with Crippen LogP contribution in [0, 0.1) is 6.92 Å². The van der Waals surface area contributed by atoms with Crippen LogP contribution in [0.3, 0.4) is 0 Å². The molecule has 1 aromatic carbocycles. The van der Waals surface area contributed by atoms with Gasteiger partial charge in [0.2, 0.25) is 0 Å².